The first-order chi connectivity index (χ1) is 10.3. The summed E-state index contributed by atoms with van der Waals surface area (Å²) in [5.41, 5.74) is 1.09. The minimum atomic E-state index is 0.436. The molecule has 0 atom stereocenters. The molecule has 0 amide bonds. The molecule has 0 unspecified atom stereocenters. The Morgan fingerprint density at radius 1 is 1.19 bits per heavy atom. The fourth-order valence-corrected chi connectivity index (χ4v) is 2.29. The number of pyridine rings is 1. The molecule has 5 nitrogen and oxygen atoms in total. The van der Waals surface area contributed by atoms with E-state index in [0.29, 0.717) is 12.7 Å². The molecule has 0 saturated carbocycles. The summed E-state index contributed by atoms with van der Waals surface area (Å²) in [5.74, 6) is 0.823. The number of aryl methyl sites for hydroxylation is 1. The molecule has 0 N–H and O–H groups in total. The van der Waals surface area contributed by atoms with Crippen molar-refractivity contribution in [1.82, 2.24) is 9.88 Å². The Morgan fingerprint density at radius 2 is 2.05 bits per heavy atom. The van der Waals surface area contributed by atoms with E-state index in [1.54, 1.807) is 13.3 Å². The summed E-state index contributed by atoms with van der Waals surface area (Å²) in [6, 6.07) is 4.01. The first-order valence-corrected chi connectivity index (χ1v) is 7.64. The second kappa shape index (κ2) is 8.97. The first-order valence-electron chi connectivity index (χ1n) is 7.64. The number of likely N-dealkylation sites (tertiary alicyclic amines) is 1. The van der Waals surface area contributed by atoms with Crippen LogP contribution in [0.4, 0.5) is 0 Å². The van der Waals surface area contributed by atoms with E-state index in [1.165, 1.54) is 0 Å². The monoisotopic (exact) mass is 294 g/mol. The molecule has 0 aromatic carbocycles. The van der Waals surface area contributed by atoms with Crippen LogP contribution in [0.1, 0.15) is 18.5 Å². The van der Waals surface area contributed by atoms with E-state index < -0.39 is 0 Å². The van der Waals surface area contributed by atoms with E-state index >= 15 is 0 Å². The van der Waals surface area contributed by atoms with Crippen molar-refractivity contribution in [3.8, 4) is 5.75 Å². The van der Waals surface area contributed by atoms with Crippen LogP contribution in [0.15, 0.2) is 18.3 Å². The van der Waals surface area contributed by atoms with Gasteiger partial charge in [0, 0.05) is 45.5 Å². The molecular formula is C16H26N2O3. The lowest BCUT2D eigenvalue weighted by Crippen LogP contribution is -2.49. The van der Waals surface area contributed by atoms with Crippen molar-refractivity contribution in [1.29, 1.82) is 0 Å². The molecule has 0 bridgehead atoms. The lowest BCUT2D eigenvalue weighted by atomic mass is 10.2. The van der Waals surface area contributed by atoms with Gasteiger partial charge in [0.15, 0.2) is 0 Å². The van der Waals surface area contributed by atoms with Crippen LogP contribution in [0.25, 0.3) is 0 Å². The van der Waals surface area contributed by atoms with E-state index in [0.717, 1.165) is 57.0 Å². The third-order valence-electron chi connectivity index (χ3n) is 3.52. The van der Waals surface area contributed by atoms with E-state index in [2.05, 4.69) is 16.9 Å². The third-order valence-corrected chi connectivity index (χ3v) is 3.52. The molecule has 2 heterocycles. The fraction of sp³-hybridized carbons (Fsp3) is 0.688. The van der Waals surface area contributed by atoms with Crippen molar-refractivity contribution >= 4 is 0 Å². The summed E-state index contributed by atoms with van der Waals surface area (Å²) in [6.45, 7) is 4.33. The Labute approximate surface area is 127 Å². The SMILES string of the molecule is COCCCOc1ccc(CCCOC2CN(C)C2)nc1. The molecule has 0 aliphatic carbocycles. The molecule has 118 valence electrons. The number of hydrogen-bond donors (Lipinski definition) is 0. The van der Waals surface area contributed by atoms with Gasteiger partial charge >= 0.3 is 0 Å². The Morgan fingerprint density at radius 3 is 2.71 bits per heavy atom. The highest BCUT2D eigenvalue weighted by Crippen LogP contribution is 2.12. The van der Waals surface area contributed by atoms with Crippen LogP contribution in [0.5, 0.6) is 5.75 Å². The van der Waals surface area contributed by atoms with Gasteiger partial charge in [0.05, 0.1) is 18.9 Å². The molecule has 21 heavy (non-hydrogen) atoms. The number of rotatable bonds is 10. The first kappa shape index (κ1) is 16.2. The summed E-state index contributed by atoms with van der Waals surface area (Å²) in [4.78, 5) is 6.68. The zero-order valence-electron chi connectivity index (χ0n) is 13.1. The van der Waals surface area contributed by atoms with Crippen LogP contribution in [-0.4, -0.2) is 63.1 Å². The second-order valence-corrected chi connectivity index (χ2v) is 5.50. The van der Waals surface area contributed by atoms with E-state index in [-0.39, 0.29) is 0 Å². The zero-order valence-corrected chi connectivity index (χ0v) is 13.1. The maximum atomic E-state index is 5.76. The topological polar surface area (TPSA) is 43.8 Å². The maximum absolute atomic E-state index is 5.76. The Bertz CT molecular complexity index is 391. The fourth-order valence-electron chi connectivity index (χ4n) is 2.29. The molecule has 0 spiro atoms. The maximum Gasteiger partial charge on any atom is 0.137 e. The van der Waals surface area contributed by atoms with Crippen LogP contribution in [0, 0.1) is 0 Å². The van der Waals surface area contributed by atoms with E-state index in [1.807, 2.05) is 12.1 Å². The number of hydrogen-bond acceptors (Lipinski definition) is 5. The summed E-state index contributed by atoms with van der Waals surface area (Å²) >= 11 is 0. The average molecular weight is 294 g/mol. The molecule has 1 aliphatic heterocycles. The van der Waals surface area contributed by atoms with Crippen molar-refractivity contribution in [3.05, 3.63) is 24.0 Å². The second-order valence-electron chi connectivity index (χ2n) is 5.50. The summed E-state index contributed by atoms with van der Waals surface area (Å²) in [5, 5.41) is 0. The predicted octanol–water partition coefficient (Wildman–Crippen LogP) is 1.76. The van der Waals surface area contributed by atoms with E-state index in [4.69, 9.17) is 14.2 Å². The van der Waals surface area contributed by atoms with Gasteiger partial charge in [0.25, 0.3) is 0 Å². The van der Waals surface area contributed by atoms with Gasteiger partial charge in [-0.25, -0.2) is 0 Å². The van der Waals surface area contributed by atoms with Gasteiger partial charge in [-0.05, 0) is 32.0 Å². The van der Waals surface area contributed by atoms with Crippen molar-refractivity contribution in [2.45, 2.75) is 25.4 Å². The quantitative estimate of drug-likeness (QED) is 0.615. The normalized spacial score (nSPS) is 15.9. The van der Waals surface area contributed by atoms with Crippen molar-refractivity contribution in [3.63, 3.8) is 0 Å². The Balaban J connectivity index is 1.56. The molecule has 1 saturated heterocycles. The number of aromatic nitrogens is 1. The van der Waals surface area contributed by atoms with Crippen molar-refractivity contribution < 1.29 is 14.2 Å². The molecule has 1 aromatic heterocycles. The van der Waals surface area contributed by atoms with Gasteiger partial charge in [0.2, 0.25) is 0 Å². The summed E-state index contributed by atoms with van der Waals surface area (Å²) < 4.78 is 16.3. The average Bonchev–Trinajstić information content (AvgIpc) is 2.47. The molecule has 1 aromatic rings. The molecule has 5 heteroatoms. The Hall–Kier alpha value is -1.17. The number of likely N-dealkylation sites (N-methyl/N-ethyl adjacent to an activating group) is 1. The van der Waals surface area contributed by atoms with Crippen molar-refractivity contribution in [2.75, 3.05) is 47.1 Å². The van der Waals surface area contributed by atoms with Gasteiger partial charge in [-0.15, -0.1) is 0 Å². The smallest absolute Gasteiger partial charge is 0.137 e. The molecule has 1 fully saturated rings. The van der Waals surface area contributed by atoms with E-state index in [9.17, 15) is 0 Å². The lowest BCUT2D eigenvalue weighted by molar-refractivity contribution is -0.0436. The van der Waals surface area contributed by atoms with Crippen molar-refractivity contribution in [2.24, 2.45) is 0 Å². The highest BCUT2D eigenvalue weighted by molar-refractivity contribution is 5.19. The van der Waals surface area contributed by atoms with Gasteiger partial charge in [-0.3, -0.25) is 4.98 Å². The third kappa shape index (κ3) is 5.99. The minimum Gasteiger partial charge on any atom is -0.492 e. The molecule has 0 radical (unpaired) electrons. The zero-order chi connectivity index (χ0) is 14.9. The Kier molecular flexibility index (Phi) is 6.92. The highest BCUT2D eigenvalue weighted by atomic mass is 16.5. The lowest BCUT2D eigenvalue weighted by Gasteiger charge is -2.35. The van der Waals surface area contributed by atoms with Crippen LogP contribution in [-0.2, 0) is 15.9 Å². The standard InChI is InChI=1S/C16H26N2O3/c1-18-12-16(13-18)21-9-3-5-14-6-7-15(11-17-14)20-10-4-8-19-2/h6-7,11,16H,3-5,8-10,12-13H2,1-2H3. The van der Waals surface area contributed by atoms with Crippen LogP contribution < -0.4 is 4.74 Å². The van der Waals surface area contributed by atoms with Gasteiger partial charge in [0.1, 0.15) is 5.75 Å². The molecule has 2 rings (SSSR count). The summed E-state index contributed by atoms with van der Waals surface area (Å²) in [6.07, 6.45) is 5.09. The van der Waals surface area contributed by atoms with Crippen LogP contribution in [0.3, 0.4) is 0 Å². The van der Waals surface area contributed by atoms with Crippen LogP contribution >= 0.6 is 0 Å². The number of nitrogens with zero attached hydrogens (tertiary/aromatic N) is 2. The summed E-state index contributed by atoms with van der Waals surface area (Å²) in [7, 11) is 3.81. The number of ether oxygens (including phenoxy) is 3. The van der Waals surface area contributed by atoms with Crippen LogP contribution in [0.2, 0.25) is 0 Å². The minimum absolute atomic E-state index is 0.436. The van der Waals surface area contributed by atoms with Gasteiger partial charge < -0.3 is 19.1 Å². The predicted molar refractivity (Wildman–Crippen MR) is 81.8 cm³/mol. The van der Waals surface area contributed by atoms with Gasteiger partial charge in [-0.2, -0.15) is 0 Å². The largest absolute Gasteiger partial charge is 0.492 e. The highest BCUT2D eigenvalue weighted by Gasteiger charge is 2.23. The number of methoxy groups -OCH3 is 1. The van der Waals surface area contributed by atoms with Gasteiger partial charge in [-0.1, -0.05) is 0 Å². The molecule has 1 aliphatic rings. The molecular weight excluding hydrogens is 268 g/mol.